The van der Waals surface area contributed by atoms with E-state index < -0.39 is 0 Å². The Morgan fingerprint density at radius 3 is 2.93 bits per heavy atom. The summed E-state index contributed by atoms with van der Waals surface area (Å²) in [6.45, 7) is 6.12. The highest BCUT2D eigenvalue weighted by Crippen LogP contribution is 2.45. The van der Waals surface area contributed by atoms with Gasteiger partial charge in [0.05, 0.1) is 12.6 Å². The molecule has 4 rings (SSSR count). The molecule has 2 aromatic rings. The number of carbonyl (C=O) groups excluding carboxylic acids is 1. The van der Waals surface area contributed by atoms with Crippen LogP contribution in [0, 0.1) is 17.7 Å². The van der Waals surface area contributed by atoms with Gasteiger partial charge in [-0.3, -0.25) is 9.69 Å². The first-order valence-electron chi connectivity index (χ1n) is 9.73. The topological polar surface area (TPSA) is 63.5 Å². The van der Waals surface area contributed by atoms with E-state index >= 15 is 0 Å². The van der Waals surface area contributed by atoms with Crippen LogP contribution in [0.25, 0.3) is 0 Å². The molecule has 0 radical (unpaired) electrons. The monoisotopic (exact) mass is 387 g/mol. The standard InChI is InChI=1S/C20H26FN5O2/c1-3-25-13-22-23-18(25)11-24-8-15-9-26(19(27)12-28-2)20(17(15)10-24)14-5-4-6-16(21)7-14/h4-7,13,15,17,20H,3,8-12H2,1-2H3/t15-,17-,20+/m1/s1. The van der Waals surface area contributed by atoms with E-state index in [4.69, 9.17) is 4.74 Å². The summed E-state index contributed by atoms with van der Waals surface area (Å²) in [4.78, 5) is 16.9. The summed E-state index contributed by atoms with van der Waals surface area (Å²) in [5.74, 6) is 1.26. The highest BCUT2D eigenvalue weighted by Gasteiger charge is 2.49. The molecular weight excluding hydrogens is 361 g/mol. The third-order valence-corrected chi connectivity index (χ3v) is 5.92. The lowest BCUT2D eigenvalue weighted by molar-refractivity contribution is -0.136. The number of fused-ring (bicyclic) bond motifs is 1. The van der Waals surface area contributed by atoms with Crippen LogP contribution < -0.4 is 0 Å². The van der Waals surface area contributed by atoms with Gasteiger partial charge in [-0.25, -0.2) is 4.39 Å². The van der Waals surface area contributed by atoms with Gasteiger partial charge in [0.2, 0.25) is 5.91 Å². The first-order valence-corrected chi connectivity index (χ1v) is 9.73. The average molecular weight is 387 g/mol. The number of carbonyl (C=O) groups is 1. The van der Waals surface area contributed by atoms with Crippen molar-refractivity contribution in [3.8, 4) is 0 Å². The van der Waals surface area contributed by atoms with E-state index in [1.165, 1.54) is 13.2 Å². The van der Waals surface area contributed by atoms with Crippen LogP contribution in [0.4, 0.5) is 4.39 Å². The first-order chi connectivity index (χ1) is 13.6. The molecule has 2 fully saturated rings. The van der Waals surface area contributed by atoms with Crippen molar-refractivity contribution in [1.82, 2.24) is 24.6 Å². The van der Waals surface area contributed by atoms with Crippen molar-refractivity contribution in [2.45, 2.75) is 26.1 Å². The van der Waals surface area contributed by atoms with E-state index in [0.717, 1.165) is 37.6 Å². The van der Waals surface area contributed by atoms with Crippen molar-refractivity contribution in [3.63, 3.8) is 0 Å². The summed E-state index contributed by atoms with van der Waals surface area (Å²) in [6, 6.07) is 6.50. The van der Waals surface area contributed by atoms with E-state index in [0.29, 0.717) is 12.5 Å². The maximum Gasteiger partial charge on any atom is 0.249 e. The normalized spacial score (nSPS) is 24.7. The molecule has 1 amide bonds. The lowest BCUT2D eigenvalue weighted by Crippen LogP contribution is -2.37. The van der Waals surface area contributed by atoms with Crippen molar-refractivity contribution in [3.05, 3.63) is 47.8 Å². The zero-order chi connectivity index (χ0) is 19.7. The summed E-state index contributed by atoms with van der Waals surface area (Å²) in [5.41, 5.74) is 0.857. The molecule has 3 heterocycles. The number of nitrogens with zero attached hydrogens (tertiary/aromatic N) is 5. The van der Waals surface area contributed by atoms with Gasteiger partial charge in [0, 0.05) is 39.2 Å². The zero-order valence-electron chi connectivity index (χ0n) is 16.3. The summed E-state index contributed by atoms with van der Waals surface area (Å²) >= 11 is 0. The van der Waals surface area contributed by atoms with Gasteiger partial charge in [-0.15, -0.1) is 10.2 Å². The predicted molar refractivity (Wildman–Crippen MR) is 101 cm³/mol. The van der Waals surface area contributed by atoms with Crippen LogP contribution in [0.15, 0.2) is 30.6 Å². The van der Waals surface area contributed by atoms with E-state index in [9.17, 15) is 9.18 Å². The number of aromatic nitrogens is 3. The second-order valence-corrected chi connectivity index (χ2v) is 7.63. The fourth-order valence-electron chi connectivity index (χ4n) is 4.71. The number of hydrogen-bond donors (Lipinski definition) is 0. The van der Waals surface area contributed by atoms with E-state index in [1.54, 1.807) is 18.5 Å². The molecule has 28 heavy (non-hydrogen) atoms. The number of hydrogen-bond acceptors (Lipinski definition) is 5. The van der Waals surface area contributed by atoms with Gasteiger partial charge in [-0.2, -0.15) is 0 Å². The molecule has 8 heteroatoms. The molecule has 3 atom stereocenters. The molecule has 1 aromatic heterocycles. The van der Waals surface area contributed by atoms with Crippen LogP contribution in [0.1, 0.15) is 24.4 Å². The van der Waals surface area contributed by atoms with E-state index in [-0.39, 0.29) is 30.3 Å². The third kappa shape index (κ3) is 3.54. The molecule has 7 nitrogen and oxygen atoms in total. The molecule has 2 aliphatic rings. The minimum absolute atomic E-state index is 0.0385. The number of halogens is 1. The van der Waals surface area contributed by atoms with Gasteiger partial charge < -0.3 is 14.2 Å². The average Bonchev–Trinajstić information content (AvgIpc) is 3.36. The molecule has 150 valence electrons. The number of rotatable bonds is 6. The fourth-order valence-corrected chi connectivity index (χ4v) is 4.71. The van der Waals surface area contributed by atoms with Crippen molar-refractivity contribution < 1.29 is 13.9 Å². The Hall–Kier alpha value is -2.32. The van der Waals surface area contributed by atoms with Crippen LogP contribution in [-0.4, -0.2) is 63.8 Å². The molecule has 0 N–H and O–H groups in total. The SMILES string of the molecule is CCn1cnnc1CN1C[C@@H]2CN(C(=O)COC)[C@@H](c3cccc(F)c3)[C@@H]2C1. The highest BCUT2D eigenvalue weighted by atomic mass is 19.1. The molecule has 0 unspecified atom stereocenters. The van der Waals surface area contributed by atoms with Crippen molar-refractivity contribution >= 4 is 5.91 Å². The first kappa shape index (κ1) is 19.0. The molecule has 2 aliphatic heterocycles. The van der Waals surface area contributed by atoms with Crippen LogP contribution in [0.3, 0.4) is 0 Å². The maximum atomic E-state index is 13.9. The minimum Gasteiger partial charge on any atom is -0.375 e. The lowest BCUT2D eigenvalue weighted by atomic mass is 9.89. The van der Waals surface area contributed by atoms with Gasteiger partial charge in [0.1, 0.15) is 24.6 Å². The van der Waals surface area contributed by atoms with Crippen molar-refractivity contribution in [1.29, 1.82) is 0 Å². The van der Waals surface area contributed by atoms with E-state index in [1.807, 2.05) is 15.5 Å². The predicted octanol–water partition coefficient (Wildman–Crippen LogP) is 1.72. The smallest absolute Gasteiger partial charge is 0.249 e. The van der Waals surface area contributed by atoms with Crippen LogP contribution in [0.2, 0.25) is 0 Å². The second kappa shape index (κ2) is 7.97. The Balaban J connectivity index is 1.56. The summed E-state index contributed by atoms with van der Waals surface area (Å²) in [7, 11) is 1.53. The van der Waals surface area contributed by atoms with Crippen LogP contribution in [-0.2, 0) is 22.6 Å². The van der Waals surface area contributed by atoms with Gasteiger partial charge in [-0.1, -0.05) is 12.1 Å². The summed E-state index contributed by atoms with van der Waals surface area (Å²) in [5, 5.41) is 8.25. The quantitative estimate of drug-likeness (QED) is 0.755. The maximum absolute atomic E-state index is 13.9. The summed E-state index contributed by atoms with van der Waals surface area (Å²) in [6.07, 6.45) is 1.76. The molecule has 0 saturated carbocycles. The number of aryl methyl sites for hydroxylation is 1. The minimum atomic E-state index is -0.272. The van der Waals surface area contributed by atoms with E-state index in [2.05, 4.69) is 22.0 Å². The number of benzene rings is 1. The second-order valence-electron chi connectivity index (χ2n) is 7.63. The number of amides is 1. The van der Waals surface area contributed by atoms with Gasteiger partial charge in [0.25, 0.3) is 0 Å². The number of likely N-dealkylation sites (tertiary alicyclic amines) is 2. The molecule has 0 spiro atoms. The Kier molecular flexibility index (Phi) is 5.41. The lowest BCUT2D eigenvalue weighted by Gasteiger charge is -2.30. The van der Waals surface area contributed by atoms with Crippen LogP contribution in [0.5, 0.6) is 0 Å². The van der Waals surface area contributed by atoms with Gasteiger partial charge >= 0.3 is 0 Å². The Morgan fingerprint density at radius 1 is 1.32 bits per heavy atom. The van der Waals surface area contributed by atoms with Gasteiger partial charge in [0.15, 0.2) is 0 Å². The molecule has 2 saturated heterocycles. The largest absolute Gasteiger partial charge is 0.375 e. The molecule has 0 aliphatic carbocycles. The fraction of sp³-hybridized carbons (Fsp3) is 0.550. The third-order valence-electron chi connectivity index (χ3n) is 5.92. The van der Waals surface area contributed by atoms with Crippen molar-refractivity contribution in [2.75, 3.05) is 33.4 Å². The van der Waals surface area contributed by atoms with Crippen LogP contribution >= 0.6 is 0 Å². The highest BCUT2D eigenvalue weighted by molar-refractivity contribution is 5.78. The Labute approximate surface area is 164 Å². The van der Waals surface area contributed by atoms with Crippen molar-refractivity contribution in [2.24, 2.45) is 11.8 Å². The van der Waals surface area contributed by atoms with Gasteiger partial charge in [-0.05, 0) is 30.5 Å². The molecule has 1 aromatic carbocycles. The summed E-state index contributed by atoms with van der Waals surface area (Å²) < 4.78 is 21.0. The number of methoxy groups -OCH3 is 1. The number of ether oxygens (including phenoxy) is 1. The molecule has 0 bridgehead atoms. The Morgan fingerprint density at radius 2 is 2.18 bits per heavy atom. The Bertz CT molecular complexity index is 842. The zero-order valence-corrected chi connectivity index (χ0v) is 16.3. The molecular formula is C20H26FN5O2.